The molecule has 0 radical (unpaired) electrons. The topological polar surface area (TPSA) is 114 Å². The Balaban J connectivity index is 0.000000520. The maximum Gasteiger partial charge on any atom is 2.00 e. The third-order valence-corrected chi connectivity index (χ3v) is 18.0. The van der Waals surface area contributed by atoms with Gasteiger partial charge in [-0.25, -0.2) is 16.8 Å². The van der Waals surface area contributed by atoms with Crippen molar-refractivity contribution < 1.29 is 25.9 Å². The molecule has 0 bridgehead atoms. The summed E-state index contributed by atoms with van der Waals surface area (Å²) in [7, 11) is -9.07. The molecular weight excluding hydrogens is 1110 g/mol. The molecule has 0 amide bonds. The van der Waals surface area contributed by atoms with Gasteiger partial charge in [0.05, 0.1) is 9.79 Å². The Morgan fingerprint density at radius 1 is 0.260 bits per heavy atom. The van der Waals surface area contributed by atoms with Crippen LogP contribution in [-0.2, 0) is 45.9 Å². The summed E-state index contributed by atoms with van der Waals surface area (Å²) in [6.45, 7) is 9.01. The molecule has 6 nitrogen and oxygen atoms in total. The summed E-state index contributed by atoms with van der Waals surface area (Å²) in [5.74, 6) is 0. The van der Waals surface area contributed by atoms with Crippen molar-refractivity contribution in [3.05, 3.63) is 82.9 Å². The second-order valence-electron chi connectivity index (χ2n) is 22.8. The Morgan fingerprint density at radius 3 is 0.688 bits per heavy atom. The van der Waals surface area contributed by atoms with Crippen LogP contribution < -0.4 is 0 Å². The van der Waals surface area contributed by atoms with Crippen LogP contribution in [0.3, 0.4) is 0 Å². The minimum atomic E-state index is -4.53. The van der Waals surface area contributed by atoms with E-state index in [2.05, 4.69) is 52.0 Å². The maximum atomic E-state index is 12.3. The summed E-state index contributed by atoms with van der Waals surface area (Å²) in [5, 5.41) is 3.11. The molecule has 0 saturated carbocycles. The maximum absolute atomic E-state index is 12.3. The van der Waals surface area contributed by atoms with E-state index in [0.717, 1.165) is 73.3 Å². The van der Waals surface area contributed by atoms with E-state index >= 15 is 0 Å². The van der Waals surface area contributed by atoms with Crippen LogP contribution in [0.5, 0.6) is 0 Å². The normalized spacial score (nSPS) is 11.8. The number of fused-ring (bicyclic) bond motifs is 2. The Morgan fingerprint density at radius 2 is 0.468 bits per heavy atom. The van der Waals surface area contributed by atoms with E-state index in [1.165, 1.54) is 218 Å². The predicted octanol–water partition coefficient (Wildman–Crippen LogP) is 21.0. The van der Waals surface area contributed by atoms with Gasteiger partial charge in [0, 0.05) is 0 Å². The minimum absolute atomic E-state index is 0. The van der Waals surface area contributed by atoms with Crippen LogP contribution in [-0.4, -0.2) is 74.8 Å². The van der Waals surface area contributed by atoms with Gasteiger partial charge < -0.3 is 9.11 Å². The number of hydrogen-bond donors (Lipinski definition) is 0. The van der Waals surface area contributed by atoms with Crippen molar-refractivity contribution >= 4 is 90.7 Å². The van der Waals surface area contributed by atoms with Crippen molar-refractivity contribution in [2.24, 2.45) is 0 Å². The fourth-order valence-corrected chi connectivity index (χ4v) is 13.4. The Kier molecular flexibility index (Phi) is 42.3. The first-order chi connectivity index (χ1) is 37.0. The van der Waals surface area contributed by atoms with Crippen molar-refractivity contribution in [3.8, 4) is 0 Å². The van der Waals surface area contributed by atoms with E-state index in [1.807, 2.05) is 36.4 Å². The molecule has 0 fully saturated rings. The van der Waals surface area contributed by atoms with Crippen LogP contribution in [0.25, 0.3) is 21.5 Å². The molecule has 0 spiro atoms. The summed E-state index contributed by atoms with van der Waals surface area (Å²) >= 11 is 0. The standard InChI is InChI=1S/2C34H56O3S.Ba/c2*1-3-5-7-9-11-13-15-17-19-21-24-30-26-23-27-33-32(30)29-28-31(34(33)38(35,36)37)25-22-20-18-16-14-12-10-8-6-4-2;/h2*23,26-29H,3-22,24-25H2,1-2H3,(H,35,36,37);/q;;+2/p-2. The van der Waals surface area contributed by atoms with E-state index in [9.17, 15) is 25.9 Å². The van der Waals surface area contributed by atoms with E-state index < -0.39 is 20.2 Å². The smallest absolute Gasteiger partial charge is 0.744 e. The molecule has 0 aliphatic carbocycles. The zero-order valence-electron chi connectivity index (χ0n) is 49.9. The fourth-order valence-electron chi connectivity index (χ4n) is 11.5. The molecule has 9 heteroatoms. The molecule has 4 aromatic rings. The molecule has 0 N–H and O–H groups in total. The van der Waals surface area contributed by atoms with Crippen molar-refractivity contribution in [1.82, 2.24) is 0 Å². The van der Waals surface area contributed by atoms with Crippen LogP contribution in [0.15, 0.2) is 70.5 Å². The molecule has 432 valence electrons. The first kappa shape index (κ1) is 71.9. The van der Waals surface area contributed by atoms with Gasteiger partial charge in [0.15, 0.2) is 0 Å². The zero-order chi connectivity index (χ0) is 55.0. The SMILES string of the molecule is CCCCCCCCCCCCc1ccc2c(CCCCCCCCCCCC)cccc2c1S(=O)(=O)[O-].CCCCCCCCCCCCc1ccc2c(CCCCCCCCCCCC)cccc2c1S(=O)(=O)[O-].[Ba+2]. The molecule has 0 unspecified atom stereocenters. The second-order valence-corrected chi connectivity index (χ2v) is 25.4. The first-order valence-electron chi connectivity index (χ1n) is 32.0. The fraction of sp³-hybridized carbons (Fsp3) is 0.706. The Hall–Kier alpha value is -1.21. The third-order valence-electron chi connectivity index (χ3n) is 16.1. The number of aryl methyl sites for hydroxylation is 4. The van der Waals surface area contributed by atoms with Gasteiger partial charge in [-0.1, -0.05) is 320 Å². The molecule has 4 aromatic carbocycles. The monoisotopic (exact) mass is 1220 g/mol. The molecule has 0 aromatic heterocycles. The largest absolute Gasteiger partial charge is 2.00 e. The number of hydrogen-bond acceptors (Lipinski definition) is 6. The summed E-state index contributed by atoms with van der Waals surface area (Å²) in [4.78, 5) is 0.0479. The van der Waals surface area contributed by atoms with Gasteiger partial charge >= 0.3 is 48.9 Å². The average molecular weight is 1230 g/mol. The zero-order valence-corrected chi connectivity index (χ0v) is 55.9. The number of benzene rings is 4. The van der Waals surface area contributed by atoms with Crippen LogP contribution >= 0.6 is 0 Å². The first-order valence-corrected chi connectivity index (χ1v) is 34.8. The minimum Gasteiger partial charge on any atom is -0.744 e. The average Bonchev–Trinajstić information content (AvgIpc) is 3.40. The van der Waals surface area contributed by atoms with Gasteiger partial charge in [-0.3, -0.25) is 0 Å². The molecule has 77 heavy (non-hydrogen) atoms. The van der Waals surface area contributed by atoms with Crippen LogP contribution in [0.2, 0.25) is 0 Å². The number of unbranched alkanes of at least 4 members (excludes halogenated alkanes) is 36. The van der Waals surface area contributed by atoms with Crippen molar-refractivity contribution in [2.45, 2.75) is 320 Å². The van der Waals surface area contributed by atoms with Gasteiger partial charge in [0.25, 0.3) is 0 Å². The van der Waals surface area contributed by atoms with Gasteiger partial charge in [-0.15, -0.1) is 0 Å². The van der Waals surface area contributed by atoms with Crippen LogP contribution in [0, 0.1) is 0 Å². The van der Waals surface area contributed by atoms with Crippen molar-refractivity contribution in [2.75, 3.05) is 0 Å². The van der Waals surface area contributed by atoms with Crippen LogP contribution in [0.4, 0.5) is 0 Å². The van der Waals surface area contributed by atoms with Gasteiger partial charge in [-0.05, 0) is 95.2 Å². The quantitative estimate of drug-likeness (QED) is 0.0247. The van der Waals surface area contributed by atoms with E-state index in [4.69, 9.17) is 0 Å². The Bertz CT molecular complexity index is 2160. The summed E-state index contributed by atoms with van der Waals surface area (Å²) in [6, 6.07) is 19.6. The molecular formula is C68H110BaO6S2. The van der Waals surface area contributed by atoms with Crippen LogP contribution in [0.1, 0.15) is 307 Å². The molecule has 4 rings (SSSR count). The Labute approximate surface area is 514 Å². The van der Waals surface area contributed by atoms with Gasteiger partial charge in [0.1, 0.15) is 20.2 Å². The van der Waals surface area contributed by atoms with E-state index in [-0.39, 0.29) is 58.7 Å². The van der Waals surface area contributed by atoms with Crippen molar-refractivity contribution in [3.63, 3.8) is 0 Å². The molecule has 0 aliphatic heterocycles. The predicted molar refractivity (Wildman–Crippen MR) is 332 cm³/mol. The van der Waals surface area contributed by atoms with E-state index in [1.54, 1.807) is 0 Å². The van der Waals surface area contributed by atoms with Gasteiger partial charge in [0.2, 0.25) is 0 Å². The summed E-state index contributed by atoms with van der Waals surface area (Å²) < 4.78 is 74.1. The van der Waals surface area contributed by atoms with E-state index in [0.29, 0.717) is 34.7 Å². The molecule has 0 heterocycles. The molecule has 0 atom stereocenters. The second kappa shape index (κ2) is 45.3. The summed E-state index contributed by atoms with van der Waals surface area (Å²) in [5.41, 5.74) is 3.72. The molecule has 0 aliphatic rings. The molecule has 0 saturated heterocycles. The van der Waals surface area contributed by atoms with Crippen molar-refractivity contribution in [1.29, 1.82) is 0 Å². The van der Waals surface area contributed by atoms with Gasteiger partial charge in [-0.2, -0.15) is 0 Å². The third kappa shape index (κ3) is 31.2. The summed E-state index contributed by atoms with van der Waals surface area (Å²) in [6.07, 6.45) is 54.0. The number of rotatable bonds is 46.